The molecule has 2 aromatic heterocycles. The molecule has 1 aromatic carbocycles. The van der Waals surface area contributed by atoms with Crippen LogP contribution in [0, 0.1) is 0 Å². The van der Waals surface area contributed by atoms with Gasteiger partial charge in [-0.15, -0.1) is 0 Å². The quantitative estimate of drug-likeness (QED) is 0.202. The zero-order chi connectivity index (χ0) is 23.8. The molecule has 4 heteroatoms. The number of ether oxygens (including phenoxy) is 1. The molecule has 0 saturated heterocycles. The average molecular weight is 460 g/mol. The first kappa shape index (κ1) is 25.9. The fraction of sp³-hybridized carbons (Fsp3) is 0.500. The van der Waals surface area contributed by atoms with Gasteiger partial charge >= 0.3 is 0 Å². The lowest BCUT2D eigenvalue weighted by atomic mass is 10.0. The minimum absolute atomic E-state index is 0.713. The average Bonchev–Trinajstić information content (AvgIpc) is 2.89. The molecule has 2 heterocycles. The first-order valence-electron chi connectivity index (χ1n) is 13.3. The summed E-state index contributed by atoms with van der Waals surface area (Å²) in [6.07, 6.45) is 20.8. The van der Waals surface area contributed by atoms with E-state index >= 15 is 0 Å². The predicted molar refractivity (Wildman–Crippen MR) is 142 cm³/mol. The van der Waals surface area contributed by atoms with Crippen LogP contribution in [0.25, 0.3) is 22.6 Å². The maximum atomic E-state index is 5.80. The van der Waals surface area contributed by atoms with Crippen molar-refractivity contribution in [1.29, 1.82) is 0 Å². The van der Waals surface area contributed by atoms with E-state index in [1.54, 1.807) is 12.4 Å². The monoisotopic (exact) mass is 459 g/mol. The number of pyridine rings is 1. The molecular formula is C30H41N3O. The van der Waals surface area contributed by atoms with Gasteiger partial charge in [-0.3, -0.25) is 4.98 Å². The van der Waals surface area contributed by atoms with E-state index in [2.05, 4.69) is 65.2 Å². The number of nitrogens with zero attached hydrogens (tertiary/aromatic N) is 3. The highest BCUT2D eigenvalue weighted by Crippen LogP contribution is 2.23. The summed E-state index contributed by atoms with van der Waals surface area (Å²) < 4.78 is 5.80. The molecule has 0 aliphatic carbocycles. The Labute approximate surface area is 206 Å². The van der Waals surface area contributed by atoms with Crippen LogP contribution in [0.5, 0.6) is 5.75 Å². The van der Waals surface area contributed by atoms with E-state index in [1.165, 1.54) is 69.8 Å². The third-order valence-corrected chi connectivity index (χ3v) is 6.23. The zero-order valence-electron chi connectivity index (χ0n) is 21.1. The van der Waals surface area contributed by atoms with Gasteiger partial charge in [-0.2, -0.15) is 0 Å². The van der Waals surface area contributed by atoms with E-state index < -0.39 is 0 Å². The molecular weight excluding hydrogens is 418 g/mol. The van der Waals surface area contributed by atoms with Crippen LogP contribution in [0.15, 0.2) is 55.0 Å². The normalized spacial score (nSPS) is 11.0. The number of aryl methyl sites for hydroxylation is 1. The van der Waals surface area contributed by atoms with E-state index in [0.29, 0.717) is 5.82 Å². The van der Waals surface area contributed by atoms with E-state index in [0.717, 1.165) is 42.0 Å². The number of benzene rings is 1. The lowest BCUT2D eigenvalue weighted by molar-refractivity contribution is 0.302. The van der Waals surface area contributed by atoms with Crippen LogP contribution >= 0.6 is 0 Å². The molecule has 182 valence electrons. The molecule has 0 N–H and O–H groups in total. The molecule has 0 aliphatic rings. The Morgan fingerprint density at radius 1 is 0.588 bits per heavy atom. The largest absolute Gasteiger partial charge is 0.490 e. The Morgan fingerprint density at radius 2 is 1.21 bits per heavy atom. The van der Waals surface area contributed by atoms with Gasteiger partial charge in [0, 0.05) is 17.3 Å². The minimum Gasteiger partial charge on any atom is -0.490 e. The van der Waals surface area contributed by atoms with Gasteiger partial charge in [0.1, 0.15) is 0 Å². The molecule has 0 bridgehead atoms. The smallest absolute Gasteiger partial charge is 0.159 e. The third-order valence-electron chi connectivity index (χ3n) is 6.23. The van der Waals surface area contributed by atoms with Crippen molar-refractivity contribution in [2.45, 2.75) is 90.9 Å². The second-order valence-electron chi connectivity index (χ2n) is 9.15. The molecule has 0 radical (unpaired) electrons. The van der Waals surface area contributed by atoms with E-state index in [-0.39, 0.29) is 0 Å². The molecule has 0 spiro atoms. The zero-order valence-corrected chi connectivity index (χ0v) is 21.1. The van der Waals surface area contributed by atoms with E-state index in [4.69, 9.17) is 4.74 Å². The van der Waals surface area contributed by atoms with Crippen LogP contribution < -0.4 is 4.74 Å². The third kappa shape index (κ3) is 8.89. The molecule has 0 amide bonds. The van der Waals surface area contributed by atoms with E-state index in [9.17, 15) is 0 Å². The van der Waals surface area contributed by atoms with Crippen molar-refractivity contribution in [2.75, 3.05) is 6.61 Å². The summed E-state index contributed by atoms with van der Waals surface area (Å²) >= 11 is 0. The van der Waals surface area contributed by atoms with Gasteiger partial charge in [-0.25, -0.2) is 9.97 Å². The summed E-state index contributed by atoms with van der Waals surface area (Å²) in [5.41, 5.74) is 4.43. The molecule has 4 nitrogen and oxygen atoms in total. The summed E-state index contributed by atoms with van der Waals surface area (Å²) in [5.74, 6) is 1.45. The predicted octanol–water partition coefficient (Wildman–Crippen LogP) is 8.46. The molecule has 3 rings (SSSR count). The molecule has 0 saturated carbocycles. The van der Waals surface area contributed by atoms with Gasteiger partial charge in [-0.1, -0.05) is 102 Å². The Hall–Kier alpha value is -2.75. The second kappa shape index (κ2) is 15.2. The summed E-state index contributed by atoms with van der Waals surface area (Å²) in [5, 5.41) is 0. The fourth-order valence-electron chi connectivity index (χ4n) is 4.08. The van der Waals surface area contributed by atoms with Gasteiger partial charge in [-0.05, 0) is 30.9 Å². The molecule has 0 aliphatic heterocycles. The van der Waals surface area contributed by atoms with Gasteiger partial charge in [0.05, 0.1) is 24.7 Å². The van der Waals surface area contributed by atoms with Crippen LogP contribution in [0.2, 0.25) is 0 Å². The molecule has 0 unspecified atom stereocenters. The number of hydrogen-bond acceptors (Lipinski definition) is 4. The molecule has 34 heavy (non-hydrogen) atoms. The highest BCUT2D eigenvalue weighted by Gasteiger charge is 2.05. The van der Waals surface area contributed by atoms with Gasteiger partial charge in [0.25, 0.3) is 0 Å². The SMILES string of the molecule is CCCCCCCCOc1cnc(-c2ccc(-c3ccc(CCCCCCC)cn3)cc2)nc1. The number of aromatic nitrogens is 3. The number of rotatable bonds is 16. The van der Waals surface area contributed by atoms with Gasteiger partial charge in [0.15, 0.2) is 11.6 Å². The highest BCUT2D eigenvalue weighted by atomic mass is 16.5. The standard InChI is InChI=1S/C30H41N3O/c1-3-5-7-9-11-13-21-34-28-23-32-30(33-24-28)27-18-16-26(17-19-27)29-20-15-25(22-31-29)14-12-10-8-6-4-2/h15-20,22-24H,3-14,21H2,1-2H3. The molecule has 0 fully saturated rings. The maximum Gasteiger partial charge on any atom is 0.159 e. The Kier molecular flexibility index (Phi) is 11.6. The van der Waals surface area contributed by atoms with Crippen molar-refractivity contribution in [1.82, 2.24) is 15.0 Å². The second-order valence-corrected chi connectivity index (χ2v) is 9.15. The minimum atomic E-state index is 0.713. The number of unbranched alkanes of at least 4 members (excludes halogenated alkanes) is 9. The lowest BCUT2D eigenvalue weighted by Gasteiger charge is -2.07. The van der Waals surface area contributed by atoms with Crippen molar-refractivity contribution in [2.24, 2.45) is 0 Å². The summed E-state index contributed by atoms with van der Waals surface area (Å²) in [6.45, 7) is 5.23. The highest BCUT2D eigenvalue weighted by molar-refractivity contribution is 5.65. The first-order valence-corrected chi connectivity index (χ1v) is 13.3. The van der Waals surface area contributed by atoms with Crippen LogP contribution in [-0.4, -0.2) is 21.6 Å². The van der Waals surface area contributed by atoms with Crippen molar-refractivity contribution < 1.29 is 4.74 Å². The topological polar surface area (TPSA) is 47.9 Å². The van der Waals surface area contributed by atoms with Crippen LogP contribution in [0.4, 0.5) is 0 Å². The summed E-state index contributed by atoms with van der Waals surface area (Å²) in [7, 11) is 0. The molecule has 3 aromatic rings. The first-order chi connectivity index (χ1) is 16.8. The van der Waals surface area contributed by atoms with Crippen molar-refractivity contribution in [3.8, 4) is 28.4 Å². The molecule has 0 atom stereocenters. The van der Waals surface area contributed by atoms with Crippen LogP contribution in [-0.2, 0) is 6.42 Å². The maximum absolute atomic E-state index is 5.80. The fourth-order valence-corrected chi connectivity index (χ4v) is 4.08. The Bertz CT molecular complexity index is 921. The van der Waals surface area contributed by atoms with Gasteiger partial charge in [0.2, 0.25) is 0 Å². The Balaban J connectivity index is 1.45. The van der Waals surface area contributed by atoms with E-state index in [1.807, 2.05) is 6.20 Å². The van der Waals surface area contributed by atoms with Crippen molar-refractivity contribution in [3.63, 3.8) is 0 Å². The van der Waals surface area contributed by atoms with Crippen LogP contribution in [0.3, 0.4) is 0 Å². The summed E-state index contributed by atoms with van der Waals surface area (Å²) in [4.78, 5) is 13.7. The summed E-state index contributed by atoms with van der Waals surface area (Å²) in [6, 6.07) is 12.6. The van der Waals surface area contributed by atoms with Crippen LogP contribution in [0.1, 0.15) is 90.0 Å². The van der Waals surface area contributed by atoms with Crippen molar-refractivity contribution >= 4 is 0 Å². The Morgan fingerprint density at radius 3 is 1.85 bits per heavy atom. The van der Waals surface area contributed by atoms with Crippen molar-refractivity contribution in [3.05, 3.63) is 60.6 Å². The lowest BCUT2D eigenvalue weighted by Crippen LogP contribution is -1.99. The number of hydrogen-bond donors (Lipinski definition) is 0. The van der Waals surface area contributed by atoms with Gasteiger partial charge < -0.3 is 4.74 Å².